The summed E-state index contributed by atoms with van der Waals surface area (Å²) in [5.74, 6) is 1.03. The Labute approximate surface area is 226 Å². The number of hydrogen-bond donors (Lipinski definition) is 0. The molecule has 4 nitrogen and oxygen atoms in total. The van der Waals surface area contributed by atoms with Crippen molar-refractivity contribution in [1.29, 1.82) is 0 Å². The molecule has 0 saturated carbocycles. The van der Waals surface area contributed by atoms with Crippen molar-refractivity contribution in [3.63, 3.8) is 0 Å². The highest BCUT2D eigenvalue weighted by molar-refractivity contribution is 5.78. The smallest absolute Gasteiger partial charge is 0.226 e. The number of ether oxygens (including phenoxy) is 1. The van der Waals surface area contributed by atoms with Gasteiger partial charge < -0.3 is 9.64 Å². The Hall–Kier alpha value is -3.18. The summed E-state index contributed by atoms with van der Waals surface area (Å²) in [5.41, 5.74) is 3.18. The highest BCUT2D eigenvalue weighted by Crippen LogP contribution is 2.39. The van der Waals surface area contributed by atoms with Crippen molar-refractivity contribution in [1.82, 2.24) is 9.80 Å². The van der Waals surface area contributed by atoms with Crippen LogP contribution < -0.4 is 4.74 Å². The molecule has 0 radical (unpaired) electrons. The Morgan fingerprint density at radius 1 is 0.842 bits per heavy atom. The molecular formula is C33H39FN2O2. The quantitative estimate of drug-likeness (QED) is 0.411. The monoisotopic (exact) mass is 514 g/mol. The van der Waals surface area contributed by atoms with E-state index in [9.17, 15) is 9.18 Å². The van der Waals surface area contributed by atoms with Crippen LogP contribution in [0.2, 0.25) is 0 Å². The third-order valence-corrected chi connectivity index (χ3v) is 8.33. The Kier molecular flexibility index (Phi) is 8.75. The second-order valence-electron chi connectivity index (χ2n) is 11.0. The van der Waals surface area contributed by atoms with Crippen LogP contribution in [0.4, 0.5) is 4.39 Å². The first kappa shape index (κ1) is 26.4. The number of carbonyl (C=O) groups is 1. The van der Waals surface area contributed by atoms with E-state index in [0.717, 1.165) is 81.6 Å². The standard InChI is InChI=1S/C33H39FN2O2/c34-30-15-6-4-14-29(30)25-35-22-23-38-31-16-7-5-12-28(31)13-8-9-17-33(26-35)18-20-36(21-19-33)32(37)24-27-10-2-1-3-11-27/h1-7,10-12,14-16H,8-9,13,17-26H2. The molecule has 0 atom stereocenters. The van der Waals surface area contributed by atoms with Gasteiger partial charge in [-0.3, -0.25) is 9.69 Å². The Balaban J connectivity index is 1.31. The minimum Gasteiger partial charge on any atom is -0.492 e. The summed E-state index contributed by atoms with van der Waals surface area (Å²) in [7, 11) is 0. The fourth-order valence-corrected chi connectivity index (χ4v) is 6.11. The van der Waals surface area contributed by atoms with E-state index in [-0.39, 0.29) is 17.1 Å². The molecule has 0 N–H and O–H groups in total. The number of piperidine rings is 1. The zero-order chi connectivity index (χ0) is 26.2. The molecule has 2 aliphatic heterocycles. The molecule has 38 heavy (non-hydrogen) atoms. The Morgan fingerprint density at radius 3 is 2.39 bits per heavy atom. The van der Waals surface area contributed by atoms with Gasteiger partial charge in [0.2, 0.25) is 5.91 Å². The second kappa shape index (κ2) is 12.6. The number of aryl methyl sites for hydroxylation is 1. The van der Waals surface area contributed by atoms with Crippen molar-refractivity contribution in [3.05, 3.63) is 101 Å². The number of rotatable bonds is 4. The summed E-state index contributed by atoms with van der Waals surface area (Å²) < 4.78 is 20.9. The predicted molar refractivity (Wildman–Crippen MR) is 150 cm³/mol. The molecule has 0 aliphatic carbocycles. The van der Waals surface area contributed by atoms with Crippen LogP contribution in [-0.2, 0) is 24.2 Å². The van der Waals surface area contributed by atoms with Crippen LogP contribution in [0.3, 0.4) is 0 Å². The maximum Gasteiger partial charge on any atom is 0.226 e. The molecule has 3 aromatic carbocycles. The van der Waals surface area contributed by atoms with Crippen LogP contribution in [0, 0.1) is 11.2 Å². The highest BCUT2D eigenvalue weighted by Gasteiger charge is 2.37. The van der Waals surface area contributed by atoms with Gasteiger partial charge in [0.15, 0.2) is 0 Å². The minimum absolute atomic E-state index is 0.119. The number of hydrogen-bond acceptors (Lipinski definition) is 3. The van der Waals surface area contributed by atoms with Crippen LogP contribution in [0.25, 0.3) is 0 Å². The van der Waals surface area contributed by atoms with Crippen molar-refractivity contribution in [3.8, 4) is 5.75 Å². The number of fused-ring (bicyclic) bond motifs is 1. The number of nitrogens with zero attached hydrogens (tertiary/aromatic N) is 2. The van der Waals surface area contributed by atoms with Gasteiger partial charge in [0, 0.05) is 38.3 Å². The topological polar surface area (TPSA) is 32.8 Å². The lowest BCUT2D eigenvalue weighted by atomic mass is 9.73. The number of amides is 1. The second-order valence-corrected chi connectivity index (χ2v) is 11.0. The van der Waals surface area contributed by atoms with E-state index in [0.29, 0.717) is 19.6 Å². The van der Waals surface area contributed by atoms with Gasteiger partial charge in [-0.2, -0.15) is 0 Å². The Morgan fingerprint density at radius 2 is 1.58 bits per heavy atom. The van der Waals surface area contributed by atoms with E-state index in [1.807, 2.05) is 48.5 Å². The molecule has 2 aliphatic rings. The first-order valence-electron chi connectivity index (χ1n) is 14.1. The number of likely N-dealkylation sites (tertiary alicyclic amines) is 1. The van der Waals surface area contributed by atoms with Crippen molar-refractivity contribution < 1.29 is 13.9 Å². The number of para-hydroxylation sites is 1. The molecule has 1 spiro atoms. The van der Waals surface area contributed by atoms with Crippen LogP contribution >= 0.6 is 0 Å². The average molecular weight is 515 g/mol. The van der Waals surface area contributed by atoms with Crippen molar-refractivity contribution in [2.45, 2.75) is 51.5 Å². The first-order valence-corrected chi connectivity index (χ1v) is 14.1. The van der Waals surface area contributed by atoms with E-state index in [2.05, 4.69) is 28.0 Å². The van der Waals surface area contributed by atoms with Gasteiger partial charge >= 0.3 is 0 Å². The molecule has 2 heterocycles. The van der Waals surface area contributed by atoms with Gasteiger partial charge in [-0.25, -0.2) is 4.39 Å². The molecule has 5 heteroatoms. The van der Waals surface area contributed by atoms with Crippen molar-refractivity contribution in [2.24, 2.45) is 5.41 Å². The number of benzene rings is 3. The van der Waals surface area contributed by atoms with E-state index in [1.54, 1.807) is 12.1 Å². The van der Waals surface area contributed by atoms with Gasteiger partial charge in [-0.15, -0.1) is 0 Å². The van der Waals surface area contributed by atoms with E-state index in [4.69, 9.17) is 4.74 Å². The lowest BCUT2D eigenvalue weighted by molar-refractivity contribution is -0.133. The van der Waals surface area contributed by atoms with E-state index >= 15 is 0 Å². The molecule has 0 aromatic heterocycles. The summed E-state index contributed by atoms with van der Waals surface area (Å²) in [4.78, 5) is 17.5. The van der Waals surface area contributed by atoms with Crippen LogP contribution in [-0.4, -0.2) is 48.5 Å². The van der Waals surface area contributed by atoms with Crippen LogP contribution in [0.5, 0.6) is 5.75 Å². The zero-order valence-corrected chi connectivity index (χ0v) is 22.3. The summed E-state index contributed by atoms with van der Waals surface area (Å²) >= 11 is 0. The fraction of sp³-hybridized carbons (Fsp3) is 0.424. The number of carbonyl (C=O) groups excluding carboxylic acids is 1. The molecule has 0 bridgehead atoms. The fourth-order valence-electron chi connectivity index (χ4n) is 6.11. The molecule has 1 fully saturated rings. The number of halogens is 1. The highest BCUT2D eigenvalue weighted by atomic mass is 19.1. The molecule has 3 aromatic rings. The first-order chi connectivity index (χ1) is 18.6. The van der Waals surface area contributed by atoms with Gasteiger partial charge in [0.05, 0.1) is 6.42 Å². The summed E-state index contributed by atoms with van der Waals surface area (Å²) in [5, 5.41) is 0. The molecular weight excluding hydrogens is 475 g/mol. The van der Waals surface area contributed by atoms with Crippen molar-refractivity contribution >= 4 is 5.91 Å². The maximum absolute atomic E-state index is 14.6. The third-order valence-electron chi connectivity index (χ3n) is 8.33. The third kappa shape index (κ3) is 6.82. The van der Waals surface area contributed by atoms with Gasteiger partial charge in [0.25, 0.3) is 0 Å². The predicted octanol–water partition coefficient (Wildman–Crippen LogP) is 6.28. The van der Waals surface area contributed by atoms with Crippen molar-refractivity contribution in [2.75, 3.05) is 32.8 Å². The lowest BCUT2D eigenvalue weighted by Gasteiger charge is -2.45. The lowest BCUT2D eigenvalue weighted by Crippen LogP contribution is -2.49. The molecule has 0 unspecified atom stereocenters. The summed E-state index contributed by atoms with van der Waals surface area (Å²) in [6.07, 6.45) is 6.84. The normalized spacial score (nSPS) is 18.6. The summed E-state index contributed by atoms with van der Waals surface area (Å²) in [6.45, 7) is 4.35. The average Bonchev–Trinajstić information content (AvgIpc) is 2.93. The molecule has 5 rings (SSSR count). The van der Waals surface area contributed by atoms with E-state index in [1.165, 1.54) is 5.56 Å². The van der Waals surface area contributed by atoms with E-state index < -0.39 is 0 Å². The Bertz CT molecular complexity index is 1190. The SMILES string of the molecule is O=C(Cc1ccccc1)N1CCC2(CCCCc3ccccc3OCCN(Cc3ccccc3F)C2)CC1. The zero-order valence-electron chi connectivity index (χ0n) is 22.3. The molecule has 1 saturated heterocycles. The summed E-state index contributed by atoms with van der Waals surface area (Å²) in [6, 6.07) is 25.5. The molecule has 200 valence electrons. The minimum atomic E-state index is -0.153. The van der Waals surface area contributed by atoms with Crippen LogP contribution in [0.1, 0.15) is 48.8 Å². The maximum atomic E-state index is 14.6. The van der Waals surface area contributed by atoms with Crippen LogP contribution in [0.15, 0.2) is 78.9 Å². The van der Waals surface area contributed by atoms with Gasteiger partial charge in [-0.05, 0) is 60.8 Å². The molecule has 1 amide bonds. The largest absolute Gasteiger partial charge is 0.492 e. The van der Waals surface area contributed by atoms with Gasteiger partial charge in [0.1, 0.15) is 18.2 Å². The van der Waals surface area contributed by atoms with Gasteiger partial charge in [-0.1, -0.05) is 73.2 Å².